The van der Waals surface area contributed by atoms with E-state index in [1.807, 2.05) is 0 Å². The Morgan fingerprint density at radius 2 is 2.30 bits per heavy atom. The minimum absolute atomic E-state index is 0.0246. The molecule has 0 aromatic heterocycles. The van der Waals surface area contributed by atoms with Crippen LogP contribution in [-0.2, 0) is 4.79 Å². The molecule has 4 heteroatoms. The maximum absolute atomic E-state index is 10.7. The largest absolute Gasteiger partial charge is 0.392 e. The summed E-state index contributed by atoms with van der Waals surface area (Å²) >= 11 is 5.26. The second kappa shape index (κ2) is 4.52. The molecule has 1 atom stereocenters. The summed E-state index contributed by atoms with van der Waals surface area (Å²) in [6, 6.07) is 0. The predicted molar refractivity (Wildman–Crippen MR) is 40.0 cm³/mol. The van der Waals surface area contributed by atoms with E-state index in [2.05, 4.69) is 0 Å². The second-order valence-corrected chi connectivity index (χ2v) is 2.52. The molecular formula is C6H12ClNO2. The van der Waals surface area contributed by atoms with Gasteiger partial charge in [0.1, 0.15) is 5.88 Å². The minimum Gasteiger partial charge on any atom is -0.392 e. The van der Waals surface area contributed by atoms with Gasteiger partial charge in [-0.05, 0) is 6.92 Å². The Kier molecular flexibility index (Phi) is 4.40. The fourth-order valence-corrected chi connectivity index (χ4v) is 0.804. The zero-order chi connectivity index (χ0) is 8.15. The molecule has 0 radical (unpaired) electrons. The molecule has 0 fully saturated rings. The number of carbonyl (C=O) groups is 1. The summed E-state index contributed by atoms with van der Waals surface area (Å²) in [6.45, 7) is 1.96. The maximum atomic E-state index is 10.7. The Morgan fingerprint density at radius 3 is 2.60 bits per heavy atom. The highest BCUT2D eigenvalue weighted by Gasteiger charge is 2.08. The smallest absolute Gasteiger partial charge is 0.237 e. The molecule has 0 aromatic carbocycles. The first-order valence-corrected chi connectivity index (χ1v) is 3.59. The van der Waals surface area contributed by atoms with Crippen molar-refractivity contribution in [3.63, 3.8) is 0 Å². The van der Waals surface area contributed by atoms with Crippen LogP contribution in [0.2, 0.25) is 0 Å². The van der Waals surface area contributed by atoms with E-state index in [-0.39, 0.29) is 11.8 Å². The molecule has 0 aliphatic heterocycles. The molecule has 0 aliphatic carbocycles. The first-order valence-electron chi connectivity index (χ1n) is 3.06. The number of rotatable bonds is 3. The van der Waals surface area contributed by atoms with Gasteiger partial charge in [0, 0.05) is 13.6 Å². The topological polar surface area (TPSA) is 40.5 Å². The lowest BCUT2D eigenvalue weighted by molar-refractivity contribution is -0.128. The summed E-state index contributed by atoms with van der Waals surface area (Å²) in [5, 5.41) is 8.83. The summed E-state index contributed by atoms with van der Waals surface area (Å²) in [7, 11) is 1.61. The van der Waals surface area contributed by atoms with Crippen molar-refractivity contribution in [2.75, 3.05) is 19.5 Å². The van der Waals surface area contributed by atoms with Crippen molar-refractivity contribution in [1.29, 1.82) is 0 Å². The van der Waals surface area contributed by atoms with E-state index < -0.39 is 6.10 Å². The lowest BCUT2D eigenvalue weighted by Gasteiger charge is -2.16. The zero-order valence-electron chi connectivity index (χ0n) is 6.17. The number of amides is 1. The Hall–Kier alpha value is -0.280. The van der Waals surface area contributed by atoms with Gasteiger partial charge < -0.3 is 10.0 Å². The zero-order valence-corrected chi connectivity index (χ0v) is 6.93. The van der Waals surface area contributed by atoms with Crippen molar-refractivity contribution in [2.45, 2.75) is 13.0 Å². The summed E-state index contributed by atoms with van der Waals surface area (Å²) in [6.07, 6.45) is -0.489. The van der Waals surface area contributed by atoms with E-state index in [0.717, 1.165) is 0 Å². The first-order chi connectivity index (χ1) is 4.57. The van der Waals surface area contributed by atoms with Crippen LogP contribution in [0.25, 0.3) is 0 Å². The van der Waals surface area contributed by atoms with Crippen molar-refractivity contribution < 1.29 is 9.90 Å². The Balaban J connectivity index is 3.61. The molecular weight excluding hydrogens is 154 g/mol. The van der Waals surface area contributed by atoms with E-state index in [9.17, 15) is 4.79 Å². The molecule has 1 unspecified atom stereocenters. The van der Waals surface area contributed by atoms with Gasteiger partial charge in [0.05, 0.1) is 6.10 Å². The number of aliphatic hydroxyl groups is 1. The molecule has 0 bridgehead atoms. The molecule has 0 saturated heterocycles. The maximum Gasteiger partial charge on any atom is 0.237 e. The number of hydrogen-bond acceptors (Lipinski definition) is 2. The van der Waals surface area contributed by atoms with Gasteiger partial charge in [-0.3, -0.25) is 4.79 Å². The SMILES string of the molecule is CC(O)CN(C)C(=O)CCl. The van der Waals surface area contributed by atoms with Gasteiger partial charge in [0.15, 0.2) is 0 Å². The Morgan fingerprint density at radius 1 is 1.80 bits per heavy atom. The summed E-state index contributed by atoms with van der Waals surface area (Å²) in [4.78, 5) is 12.1. The number of likely N-dealkylation sites (N-methyl/N-ethyl adjacent to an activating group) is 1. The van der Waals surface area contributed by atoms with Crippen LogP contribution in [0.1, 0.15) is 6.92 Å². The van der Waals surface area contributed by atoms with Gasteiger partial charge in [-0.15, -0.1) is 11.6 Å². The second-order valence-electron chi connectivity index (χ2n) is 2.26. The lowest BCUT2D eigenvalue weighted by atomic mass is 10.4. The number of aliphatic hydroxyl groups excluding tert-OH is 1. The van der Waals surface area contributed by atoms with Crippen molar-refractivity contribution >= 4 is 17.5 Å². The highest BCUT2D eigenvalue weighted by molar-refractivity contribution is 6.27. The van der Waals surface area contributed by atoms with E-state index >= 15 is 0 Å². The predicted octanol–water partition coefficient (Wildman–Crippen LogP) is 0.0644. The van der Waals surface area contributed by atoms with E-state index in [1.54, 1.807) is 14.0 Å². The van der Waals surface area contributed by atoms with E-state index in [4.69, 9.17) is 16.7 Å². The summed E-state index contributed by atoms with van der Waals surface area (Å²) in [5.41, 5.74) is 0. The number of carbonyl (C=O) groups excluding carboxylic acids is 1. The standard InChI is InChI=1S/C6H12ClNO2/c1-5(9)4-8(2)6(10)3-7/h5,9H,3-4H2,1-2H3. The van der Waals surface area contributed by atoms with E-state index in [0.29, 0.717) is 6.54 Å². The van der Waals surface area contributed by atoms with Crippen molar-refractivity contribution in [1.82, 2.24) is 4.90 Å². The van der Waals surface area contributed by atoms with Gasteiger partial charge in [-0.1, -0.05) is 0 Å². The third-order valence-electron chi connectivity index (χ3n) is 1.08. The van der Waals surface area contributed by atoms with Gasteiger partial charge in [-0.2, -0.15) is 0 Å². The summed E-state index contributed by atoms with van der Waals surface area (Å²) < 4.78 is 0. The molecule has 0 heterocycles. The van der Waals surface area contributed by atoms with Gasteiger partial charge in [0.25, 0.3) is 0 Å². The van der Waals surface area contributed by atoms with Crippen LogP contribution in [0.15, 0.2) is 0 Å². The number of alkyl halides is 1. The van der Waals surface area contributed by atoms with Crippen molar-refractivity contribution in [3.8, 4) is 0 Å². The van der Waals surface area contributed by atoms with Crippen LogP contribution in [-0.4, -0.2) is 41.5 Å². The third kappa shape index (κ3) is 3.69. The molecule has 0 aliphatic rings. The summed E-state index contributed by atoms with van der Waals surface area (Å²) in [5.74, 6) is -0.189. The average Bonchev–Trinajstić information content (AvgIpc) is 1.85. The highest BCUT2D eigenvalue weighted by Crippen LogP contribution is 1.90. The number of nitrogens with zero attached hydrogens (tertiary/aromatic N) is 1. The molecule has 1 amide bonds. The number of halogens is 1. The van der Waals surface area contributed by atoms with E-state index in [1.165, 1.54) is 4.90 Å². The average molecular weight is 166 g/mol. The molecule has 0 aromatic rings. The quantitative estimate of drug-likeness (QED) is 0.601. The molecule has 3 nitrogen and oxygen atoms in total. The normalized spacial score (nSPS) is 12.8. The lowest BCUT2D eigenvalue weighted by Crippen LogP contribution is -2.33. The molecule has 60 valence electrons. The molecule has 0 spiro atoms. The molecule has 0 saturated carbocycles. The monoisotopic (exact) mass is 165 g/mol. The Bertz CT molecular complexity index is 116. The minimum atomic E-state index is -0.489. The fraction of sp³-hybridized carbons (Fsp3) is 0.833. The van der Waals surface area contributed by atoms with Crippen LogP contribution in [0, 0.1) is 0 Å². The van der Waals surface area contributed by atoms with Crippen molar-refractivity contribution in [2.24, 2.45) is 0 Å². The molecule has 0 rings (SSSR count). The van der Waals surface area contributed by atoms with Crippen LogP contribution >= 0.6 is 11.6 Å². The molecule has 1 N–H and O–H groups in total. The van der Waals surface area contributed by atoms with Crippen LogP contribution in [0.5, 0.6) is 0 Å². The Labute approximate surface area is 65.6 Å². The van der Waals surface area contributed by atoms with Crippen LogP contribution < -0.4 is 0 Å². The van der Waals surface area contributed by atoms with Gasteiger partial charge >= 0.3 is 0 Å². The fourth-order valence-electron chi connectivity index (χ4n) is 0.600. The third-order valence-corrected chi connectivity index (χ3v) is 1.31. The van der Waals surface area contributed by atoms with Gasteiger partial charge in [-0.25, -0.2) is 0 Å². The molecule has 10 heavy (non-hydrogen) atoms. The number of hydrogen-bond donors (Lipinski definition) is 1. The first kappa shape index (κ1) is 9.72. The van der Waals surface area contributed by atoms with Crippen LogP contribution in [0.3, 0.4) is 0 Å². The highest BCUT2D eigenvalue weighted by atomic mass is 35.5. The van der Waals surface area contributed by atoms with Gasteiger partial charge in [0.2, 0.25) is 5.91 Å². The van der Waals surface area contributed by atoms with Crippen molar-refractivity contribution in [3.05, 3.63) is 0 Å². The van der Waals surface area contributed by atoms with Crippen LogP contribution in [0.4, 0.5) is 0 Å².